The first kappa shape index (κ1) is 15.5. The lowest BCUT2D eigenvalue weighted by Crippen LogP contribution is -2.46. The van der Waals surface area contributed by atoms with E-state index >= 15 is 0 Å². The molecule has 7 heteroatoms. The van der Waals surface area contributed by atoms with Crippen LogP contribution in [0.5, 0.6) is 0 Å². The fourth-order valence-corrected chi connectivity index (χ4v) is 3.67. The van der Waals surface area contributed by atoms with Crippen LogP contribution in [-0.4, -0.2) is 34.2 Å². The molecule has 0 unspecified atom stereocenters. The number of aromatic nitrogens is 1. The van der Waals surface area contributed by atoms with Crippen LogP contribution in [0.25, 0.3) is 10.2 Å². The van der Waals surface area contributed by atoms with Crippen LogP contribution in [0.15, 0.2) is 48.5 Å². The molecule has 0 fully saturated rings. The molecule has 0 bridgehead atoms. The van der Waals surface area contributed by atoms with Crippen molar-refractivity contribution in [2.45, 2.75) is 6.42 Å². The highest BCUT2D eigenvalue weighted by atomic mass is 32.1. The Morgan fingerprint density at radius 1 is 1.12 bits per heavy atom. The zero-order valence-electron chi connectivity index (χ0n) is 13.1. The molecule has 3 aromatic rings. The minimum atomic E-state index is -0.444. The molecule has 0 radical (unpaired) electrons. The van der Waals surface area contributed by atoms with Gasteiger partial charge in [-0.1, -0.05) is 41.7 Å². The number of rotatable bonds is 3. The van der Waals surface area contributed by atoms with Gasteiger partial charge in [-0.2, -0.15) is 0 Å². The van der Waals surface area contributed by atoms with Gasteiger partial charge in [-0.15, -0.1) is 0 Å². The van der Waals surface area contributed by atoms with E-state index in [0.29, 0.717) is 16.3 Å². The van der Waals surface area contributed by atoms with Gasteiger partial charge in [-0.05, 0) is 23.8 Å². The molecule has 0 atom stereocenters. The lowest BCUT2D eigenvalue weighted by Gasteiger charge is -2.26. The van der Waals surface area contributed by atoms with Crippen LogP contribution in [0.4, 0.5) is 5.13 Å². The molecule has 0 spiro atoms. The Balaban J connectivity index is 1.50. The molecule has 25 heavy (non-hydrogen) atoms. The number of fused-ring (bicyclic) bond motifs is 2. The Morgan fingerprint density at radius 2 is 1.88 bits per heavy atom. The molecular formula is C18H13N3O3S. The zero-order chi connectivity index (χ0) is 17.4. The normalized spacial score (nSPS) is 13.8. The quantitative estimate of drug-likeness (QED) is 0.735. The van der Waals surface area contributed by atoms with Gasteiger partial charge in [0.2, 0.25) is 11.8 Å². The van der Waals surface area contributed by atoms with E-state index in [4.69, 9.17) is 0 Å². The summed E-state index contributed by atoms with van der Waals surface area (Å²) < 4.78 is 0.955. The molecule has 2 heterocycles. The van der Waals surface area contributed by atoms with E-state index in [9.17, 15) is 14.4 Å². The molecule has 1 aliphatic heterocycles. The van der Waals surface area contributed by atoms with Crippen molar-refractivity contribution in [1.29, 1.82) is 0 Å². The number of hydrogen-bond acceptors (Lipinski definition) is 5. The van der Waals surface area contributed by atoms with Gasteiger partial charge in [0.25, 0.3) is 5.91 Å². The Kier molecular flexibility index (Phi) is 3.77. The maximum atomic E-state index is 12.5. The standard InChI is InChI=1S/C18H13N3O3S/c22-15(20-18-19-13-7-3-4-8-14(13)25-18)10-21-16(23)9-11-5-1-2-6-12(11)17(21)24/h1-8H,9-10H2,(H,19,20,22). The van der Waals surface area contributed by atoms with Crippen molar-refractivity contribution < 1.29 is 14.4 Å². The predicted octanol–water partition coefficient (Wildman–Crippen LogP) is 2.46. The number of amides is 3. The monoisotopic (exact) mass is 351 g/mol. The Bertz CT molecular complexity index is 978. The molecule has 1 aliphatic rings. The van der Waals surface area contributed by atoms with Gasteiger partial charge in [0.1, 0.15) is 6.54 Å². The third-order valence-electron chi connectivity index (χ3n) is 3.98. The average Bonchev–Trinajstić information content (AvgIpc) is 3.00. The molecule has 1 N–H and O–H groups in total. The van der Waals surface area contributed by atoms with Crippen LogP contribution < -0.4 is 5.32 Å². The van der Waals surface area contributed by atoms with Gasteiger partial charge in [0.15, 0.2) is 5.13 Å². The van der Waals surface area contributed by atoms with Gasteiger partial charge in [0.05, 0.1) is 16.6 Å². The number of hydrogen-bond donors (Lipinski definition) is 1. The number of carbonyl (C=O) groups excluding carboxylic acids is 3. The molecule has 2 aromatic carbocycles. The third-order valence-corrected chi connectivity index (χ3v) is 4.93. The second-order valence-electron chi connectivity index (χ2n) is 5.65. The minimum absolute atomic E-state index is 0.121. The Labute approximate surface area is 147 Å². The molecular weight excluding hydrogens is 338 g/mol. The Hall–Kier alpha value is -3.06. The highest BCUT2D eigenvalue weighted by Gasteiger charge is 2.32. The van der Waals surface area contributed by atoms with Crippen LogP contribution >= 0.6 is 11.3 Å². The zero-order valence-corrected chi connectivity index (χ0v) is 13.9. The molecule has 3 amide bonds. The molecule has 1 aromatic heterocycles. The number of nitrogens with one attached hydrogen (secondary N) is 1. The van der Waals surface area contributed by atoms with Gasteiger partial charge in [-0.25, -0.2) is 4.98 Å². The first-order chi connectivity index (χ1) is 12.1. The number of imide groups is 1. The topological polar surface area (TPSA) is 79.4 Å². The van der Waals surface area contributed by atoms with Gasteiger partial charge < -0.3 is 5.32 Å². The number of anilines is 1. The van der Waals surface area contributed by atoms with Crippen LogP contribution in [0.1, 0.15) is 15.9 Å². The van der Waals surface area contributed by atoms with E-state index in [1.807, 2.05) is 24.3 Å². The van der Waals surface area contributed by atoms with E-state index in [1.165, 1.54) is 11.3 Å². The molecule has 124 valence electrons. The van der Waals surface area contributed by atoms with E-state index < -0.39 is 11.8 Å². The SMILES string of the molecule is O=C(CN1C(=O)Cc2ccccc2C1=O)Nc1nc2ccccc2s1. The van der Waals surface area contributed by atoms with Crippen molar-refractivity contribution in [3.63, 3.8) is 0 Å². The number of nitrogens with zero attached hydrogens (tertiary/aromatic N) is 2. The number of benzene rings is 2. The smallest absolute Gasteiger partial charge is 0.261 e. The highest BCUT2D eigenvalue weighted by molar-refractivity contribution is 7.22. The lowest BCUT2D eigenvalue weighted by atomic mass is 9.98. The highest BCUT2D eigenvalue weighted by Crippen LogP contribution is 2.25. The summed E-state index contributed by atoms with van der Waals surface area (Å²) in [5, 5.41) is 3.11. The summed E-state index contributed by atoms with van der Waals surface area (Å²) >= 11 is 1.35. The van der Waals surface area contributed by atoms with Crippen LogP contribution in [0.2, 0.25) is 0 Å². The van der Waals surface area contributed by atoms with Crippen LogP contribution in [0.3, 0.4) is 0 Å². The predicted molar refractivity (Wildman–Crippen MR) is 94.4 cm³/mol. The van der Waals surface area contributed by atoms with E-state index in [-0.39, 0.29) is 18.9 Å². The summed E-state index contributed by atoms with van der Waals surface area (Å²) in [6.07, 6.45) is 0.121. The Morgan fingerprint density at radius 3 is 2.72 bits per heavy atom. The van der Waals surface area contributed by atoms with Crippen molar-refractivity contribution >= 4 is 44.4 Å². The minimum Gasteiger partial charge on any atom is -0.300 e. The van der Waals surface area contributed by atoms with Crippen molar-refractivity contribution in [3.05, 3.63) is 59.7 Å². The van der Waals surface area contributed by atoms with E-state index in [0.717, 1.165) is 15.1 Å². The number of carbonyl (C=O) groups is 3. The first-order valence-electron chi connectivity index (χ1n) is 7.70. The largest absolute Gasteiger partial charge is 0.300 e. The number of thiazole rings is 1. The summed E-state index contributed by atoms with van der Waals surface area (Å²) in [6, 6.07) is 14.5. The summed E-state index contributed by atoms with van der Waals surface area (Å²) in [7, 11) is 0. The molecule has 0 saturated carbocycles. The van der Waals surface area contributed by atoms with Gasteiger partial charge in [-0.3, -0.25) is 19.3 Å². The maximum Gasteiger partial charge on any atom is 0.261 e. The molecule has 0 aliphatic carbocycles. The number of para-hydroxylation sites is 1. The third kappa shape index (κ3) is 2.89. The second-order valence-corrected chi connectivity index (χ2v) is 6.68. The summed E-state index contributed by atoms with van der Waals surface area (Å²) in [5.41, 5.74) is 1.96. The summed E-state index contributed by atoms with van der Waals surface area (Å²) in [4.78, 5) is 42.3. The van der Waals surface area contributed by atoms with Gasteiger partial charge >= 0.3 is 0 Å². The molecule has 6 nitrogen and oxygen atoms in total. The fraction of sp³-hybridized carbons (Fsp3) is 0.111. The van der Waals surface area contributed by atoms with Crippen LogP contribution in [0, 0.1) is 0 Å². The first-order valence-corrected chi connectivity index (χ1v) is 8.51. The van der Waals surface area contributed by atoms with E-state index in [1.54, 1.807) is 24.3 Å². The van der Waals surface area contributed by atoms with Gasteiger partial charge in [0, 0.05) is 5.56 Å². The maximum absolute atomic E-state index is 12.5. The molecule has 4 rings (SSSR count). The summed E-state index contributed by atoms with van der Waals surface area (Å²) in [6.45, 7) is -0.318. The average molecular weight is 351 g/mol. The molecule has 0 saturated heterocycles. The fourth-order valence-electron chi connectivity index (χ4n) is 2.79. The van der Waals surface area contributed by atoms with Crippen LogP contribution in [-0.2, 0) is 16.0 Å². The summed E-state index contributed by atoms with van der Waals surface area (Å²) in [5.74, 6) is -1.26. The second kappa shape index (κ2) is 6.10. The van der Waals surface area contributed by atoms with E-state index in [2.05, 4.69) is 10.3 Å². The lowest BCUT2D eigenvalue weighted by molar-refractivity contribution is -0.131. The van der Waals surface area contributed by atoms with Crippen molar-refractivity contribution in [1.82, 2.24) is 9.88 Å². The van der Waals surface area contributed by atoms with Crippen molar-refractivity contribution in [2.75, 3.05) is 11.9 Å². The van der Waals surface area contributed by atoms with Crippen molar-refractivity contribution in [2.24, 2.45) is 0 Å². The van der Waals surface area contributed by atoms with Crippen molar-refractivity contribution in [3.8, 4) is 0 Å².